The van der Waals surface area contributed by atoms with Crippen molar-refractivity contribution in [2.45, 2.75) is 31.5 Å². The van der Waals surface area contributed by atoms with Gasteiger partial charge < -0.3 is 15.8 Å². The average Bonchev–Trinajstić information content (AvgIpc) is 2.37. The molecule has 1 aliphatic rings. The van der Waals surface area contributed by atoms with Gasteiger partial charge in [-0.3, -0.25) is 0 Å². The van der Waals surface area contributed by atoms with E-state index in [4.69, 9.17) is 10.5 Å². The molecule has 19 heavy (non-hydrogen) atoms. The van der Waals surface area contributed by atoms with Gasteiger partial charge in [0.15, 0.2) is 0 Å². The second-order valence-electron chi connectivity index (χ2n) is 4.67. The fourth-order valence-electron chi connectivity index (χ4n) is 2.09. The average molecular weight is 274 g/mol. The van der Waals surface area contributed by atoms with E-state index in [1.54, 1.807) is 0 Å². The smallest absolute Gasteiger partial charge is 0.397 e. The van der Waals surface area contributed by atoms with Crippen LogP contribution in [0.15, 0.2) is 18.2 Å². The van der Waals surface area contributed by atoms with Crippen LogP contribution in [0.1, 0.15) is 24.8 Å². The summed E-state index contributed by atoms with van der Waals surface area (Å²) in [5.74, 6) is 0. The number of nitrogens with two attached hydrogens (primary N) is 1. The predicted molar refractivity (Wildman–Crippen MR) is 67.9 cm³/mol. The first-order valence-electron chi connectivity index (χ1n) is 6.29. The van der Waals surface area contributed by atoms with E-state index < -0.39 is 11.7 Å². The summed E-state index contributed by atoms with van der Waals surface area (Å²) in [6.07, 6.45) is -1.10. The van der Waals surface area contributed by atoms with Crippen molar-refractivity contribution < 1.29 is 17.9 Å². The molecule has 1 aliphatic heterocycles. The Morgan fingerprint density at radius 3 is 2.68 bits per heavy atom. The SMILES string of the molecule is Nc1cc(C(F)(F)F)ccc1NCC1CCCCO1. The first kappa shape index (κ1) is 14.0. The van der Waals surface area contributed by atoms with Crippen LogP contribution in [-0.2, 0) is 10.9 Å². The van der Waals surface area contributed by atoms with Gasteiger partial charge in [0.2, 0.25) is 0 Å². The van der Waals surface area contributed by atoms with Gasteiger partial charge in [-0.1, -0.05) is 0 Å². The van der Waals surface area contributed by atoms with Crippen LogP contribution in [0, 0.1) is 0 Å². The molecule has 1 heterocycles. The second kappa shape index (κ2) is 5.69. The zero-order chi connectivity index (χ0) is 13.9. The summed E-state index contributed by atoms with van der Waals surface area (Å²) in [6.45, 7) is 1.31. The molecule has 0 bridgehead atoms. The maximum Gasteiger partial charge on any atom is 0.416 e. The van der Waals surface area contributed by atoms with Crippen LogP contribution >= 0.6 is 0 Å². The van der Waals surface area contributed by atoms with Gasteiger partial charge in [-0.15, -0.1) is 0 Å². The highest BCUT2D eigenvalue weighted by molar-refractivity contribution is 5.67. The number of alkyl halides is 3. The van der Waals surface area contributed by atoms with Gasteiger partial charge in [0.25, 0.3) is 0 Å². The molecule has 1 atom stereocenters. The third-order valence-corrected chi connectivity index (χ3v) is 3.17. The zero-order valence-corrected chi connectivity index (χ0v) is 10.5. The van der Waals surface area contributed by atoms with Crippen molar-refractivity contribution in [1.82, 2.24) is 0 Å². The lowest BCUT2D eigenvalue weighted by atomic mass is 10.1. The number of rotatable bonds is 3. The lowest BCUT2D eigenvalue weighted by Gasteiger charge is -2.23. The van der Waals surface area contributed by atoms with Crippen molar-refractivity contribution >= 4 is 11.4 Å². The number of halogens is 3. The van der Waals surface area contributed by atoms with Crippen molar-refractivity contribution in [2.24, 2.45) is 0 Å². The van der Waals surface area contributed by atoms with Crippen LogP contribution in [0.5, 0.6) is 0 Å². The molecule has 0 aliphatic carbocycles. The third kappa shape index (κ3) is 3.76. The summed E-state index contributed by atoms with van der Waals surface area (Å²) < 4.78 is 43.0. The summed E-state index contributed by atoms with van der Waals surface area (Å²) in [7, 11) is 0. The second-order valence-corrected chi connectivity index (χ2v) is 4.67. The minimum Gasteiger partial charge on any atom is -0.397 e. The molecule has 0 radical (unpaired) electrons. The van der Waals surface area contributed by atoms with E-state index in [0.717, 1.165) is 38.0 Å². The number of hydrogen-bond donors (Lipinski definition) is 2. The molecule has 6 heteroatoms. The number of anilines is 2. The van der Waals surface area contributed by atoms with Crippen LogP contribution in [0.2, 0.25) is 0 Å². The van der Waals surface area contributed by atoms with E-state index in [9.17, 15) is 13.2 Å². The highest BCUT2D eigenvalue weighted by Gasteiger charge is 2.30. The molecule has 3 N–H and O–H groups in total. The van der Waals surface area contributed by atoms with Crippen LogP contribution in [-0.4, -0.2) is 19.3 Å². The van der Waals surface area contributed by atoms with Crippen molar-refractivity contribution in [2.75, 3.05) is 24.2 Å². The van der Waals surface area contributed by atoms with Crippen molar-refractivity contribution in [1.29, 1.82) is 0 Å². The minimum atomic E-state index is -4.36. The maximum absolute atomic E-state index is 12.5. The van der Waals surface area contributed by atoms with Gasteiger partial charge in [-0.2, -0.15) is 13.2 Å². The number of benzene rings is 1. The monoisotopic (exact) mass is 274 g/mol. The summed E-state index contributed by atoms with van der Waals surface area (Å²) in [6, 6.07) is 3.34. The van der Waals surface area contributed by atoms with E-state index >= 15 is 0 Å². The standard InChI is InChI=1S/C13H17F3N2O/c14-13(15,16)9-4-5-12(11(17)7-9)18-8-10-3-1-2-6-19-10/h4-5,7,10,18H,1-3,6,8,17H2. The lowest BCUT2D eigenvalue weighted by Crippen LogP contribution is -2.27. The Kier molecular flexibility index (Phi) is 4.19. The van der Waals surface area contributed by atoms with E-state index in [-0.39, 0.29) is 11.8 Å². The Morgan fingerprint density at radius 1 is 1.32 bits per heavy atom. The predicted octanol–water partition coefficient (Wildman–Crippen LogP) is 3.27. The van der Waals surface area contributed by atoms with Crippen molar-refractivity contribution in [3.8, 4) is 0 Å². The zero-order valence-electron chi connectivity index (χ0n) is 10.5. The van der Waals surface area contributed by atoms with Gasteiger partial charge in [0, 0.05) is 13.2 Å². The summed E-state index contributed by atoms with van der Waals surface area (Å²) in [5.41, 5.74) is 5.52. The Morgan fingerprint density at radius 2 is 2.11 bits per heavy atom. The van der Waals surface area contributed by atoms with Crippen LogP contribution < -0.4 is 11.1 Å². The van der Waals surface area contributed by atoms with E-state index in [1.165, 1.54) is 6.07 Å². The van der Waals surface area contributed by atoms with Crippen LogP contribution in [0.4, 0.5) is 24.5 Å². The molecule has 1 fully saturated rings. The van der Waals surface area contributed by atoms with Gasteiger partial charge >= 0.3 is 6.18 Å². The Labute approximate surface area is 109 Å². The molecule has 3 nitrogen and oxygen atoms in total. The Hall–Kier alpha value is -1.43. The molecule has 106 valence electrons. The number of nitrogen functional groups attached to an aromatic ring is 1. The highest BCUT2D eigenvalue weighted by atomic mass is 19.4. The Balaban J connectivity index is 1.97. The highest BCUT2D eigenvalue weighted by Crippen LogP contribution is 2.32. The van der Waals surface area contributed by atoms with E-state index in [2.05, 4.69) is 5.32 Å². The van der Waals surface area contributed by atoms with Gasteiger partial charge in [0.05, 0.1) is 23.0 Å². The van der Waals surface area contributed by atoms with Crippen molar-refractivity contribution in [3.05, 3.63) is 23.8 Å². The summed E-state index contributed by atoms with van der Waals surface area (Å²) >= 11 is 0. The lowest BCUT2D eigenvalue weighted by molar-refractivity contribution is -0.137. The minimum absolute atomic E-state index is 0.102. The maximum atomic E-state index is 12.5. The fourth-order valence-corrected chi connectivity index (χ4v) is 2.09. The molecular formula is C13H17F3N2O. The quantitative estimate of drug-likeness (QED) is 0.832. The molecule has 1 aromatic carbocycles. The first-order valence-corrected chi connectivity index (χ1v) is 6.29. The summed E-state index contributed by atoms with van der Waals surface area (Å²) in [5, 5.41) is 3.04. The molecule has 0 spiro atoms. The number of ether oxygens (including phenoxy) is 1. The van der Waals surface area contributed by atoms with Crippen LogP contribution in [0.25, 0.3) is 0 Å². The molecule has 1 unspecified atom stereocenters. The Bertz CT molecular complexity index is 428. The van der Waals surface area contributed by atoms with E-state index in [1.807, 2.05) is 0 Å². The van der Waals surface area contributed by atoms with Crippen LogP contribution in [0.3, 0.4) is 0 Å². The largest absolute Gasteiger partial charge is 0.416 e. The van der Waals surface area contributed by atoms with Gasteiger partial charge in [-0.25, -0.2) is 0 Å². The number of hydrogen-bond acceptors (Lipinski definition) is 3. The van der Waals surface area contributed by atoms with Gasteiger partial charge in [0.1, 0.15) is 0 Å². The molecule has 1 saturated heterocycles. The fraction of sp³-hybridized carbons (Fsp3) is 0.538. The first-order chi connectivity index (χ1) is 8.97. The molecule has 0 aromatic heterocycles. The number of nitrogens with one attached hydrogen (secondary N) is 1. The molecule has 0 amide bonds. The van der Waals surface area contributed by atoms with E-state index in [0.29, 0.717) is 12.2 Å². The molecular weight excluding hydrogens is 257 g/mol. The normalized spacial score (nSPS) is 20.3. The topological polar surface area (TPSA) is 47.3 Å². The van der Waals surface area contributed by atoms with Gasteiger partial charge in [-0.05, 0) is 37.5 Å². The molecule has 1 aromatic rings. The van der Waals surface area contributed by atoms with Crippen molar-refractivity contribution in [3.63, 3.8) is 0 Å². The molecule has 0 saturated carbocycles. The summed E-state index contributed by atoms with van der Waals surface area (Å²) in [4.78, 5) is 0. The third-order valence-electron chi connectivity index (χ3n) is 3.17. The molecule has 2 rings (SSSR count).